The van der Waals surface area contributed by atoms with E-state index >= 15 is 0 Å². The molecule has 0 amide bonds. The van der Waals surface area contributed by atoms with Crippen LogP contribution in [-0.4, -0.2) is 6.10 Å². The molecule has 1 rings (SSSR count). The highest BCUT2D eigenvalue weighted by Gasteiger charge is 2.27. The third-order valence-electron chi connectivity index (χ3n) is 2.49. The maximum Gasteiger partial charge on any atom is 0.0986 e. The predicted molar refractivity (Wildman–Crippen MR) is 38.2 cm³/mol. The highest BCUT2D eigenvalue weighted by Crippen LogP contribution is 2.32. The van der Waals surface area contributed by atoms with Crippen molar-refractivity contribution >= 4 is 0 Å². The summed E-state index contributed by atoms with van der Waals surface area (Å²) in [6, 6.07) is 0. The van der Waals surface area contributed by atoms with Gasteiger partial charge in [0.1, 0.15) is 0 Å². The van der Waals surface area contributed by atoms with Crippen LogP contribution in [0.2, 0.25) is 0 Å². The van der Waals surface area contributed by atoms with Crippen LogP contribution in [0.3, 0.4) is 0 Å². The molecule has 1 aliphatic rings. The molecule has 1 nitrogen and oxygen atoms in total. The molecule has 2 atom stereocenters. The fourth-order valence-electron chi connectivity index (χ4n) is 1.66. The molecule has 0 aliphatic heterocycles. The molecule has 60 valence electrons. The van der Waals surface area contributed by atoms with Crippen LogP contribution in [-0.2, 0) is 4.94 Å². The summed E-state index contributed by atoms with van der Waals surface area (Å²) in [5.41, 5.74) is 0. The highest BCUT2D eigenvalue weighted by atomic mass is 19.3. The zero-order valence-electron chi connectivity index (χ0n) is 6.64. The molecule has 0 aromatic carbocycles. The van der Waals surface area contributed by atoms with E-state index in [1.807, 2.05) is 0 Å². The van der Waals surface area contributed by atoms with E-state index in [9.17, 15) is 4.53 Å². The quantitative estimate of drug-likeness (QED) is 0.582. The van der Waals surface area contributed by atoms with Crippen LogP contribution in [0.4, 0.5) is 4.53 Å². The molecule has 0 spiro atoms. The molecule has 0 aromatic heterocycles. The molecular weight excluding hydrogens is 131 g/mol. The lowest BCUT2D eigenvalue weighted by atomic mass is 9.95. The van der Waals surface area contributed by atoms with Crippen molar-refractivity contribution in [3.63, 3.8) is 0 Å². The Kier molecular flexibility index (Phi) is 2.66. The van der Waals surface area contributed by atoms with Gasteiger partial charge in [0.05, 0.1) is 6.10 Å². The summed E-state index contributed by atoms with van der Waals surface area (Å²) in [5, 5.41) is 0. The van der Waals surface area contributed by atoms with Crippen molar-refractivity contribution < 1.29 is 9.47 Å². The number of hydrogen-bond acceptors (Lipinski definition) is 1. The molecule has 0 N–H and O–H groups in total. The first-order valence-corrected chi connectivity index (χ1v) is 4.01. The van der Waals surface area contributed by atoms with E-state index < -0.39 is 0 Å². The average Bonchev–Trinajstić information content (AvgIpc) is 2.34. The van der Waals surface area contributed by atoms with Gasteiger partial charge in [-0.1, -0.05) is 13.8 Å². The SMILES string of the molecule is CC(C)C1CCC(OF)C1. The summed E-state index contributed by atoms with van der Waals surface area (Å²) < 4.78 is 11.6. The minimum absolute atomic E-state index is 0.104. The molecular formula is C8H15FO. The summed E-state index contributed by atoms with van der Waals surface area (Å²) in [7, 11) is 0. The van der Waals surface area contributed by atoms with Crippen LogP contribution in [0.5, 0.6) is 0 Å². The Bertz CT molecular complexity index is 103. The Labute approximate surface area is 61.5 Å². The van der Waals surface area contributed by atoms with Crippen molar-refractivity contribution in [1.29, 1.82) is 0 Å². The van der Waals surface area contributed by atoms with Crippen molar-refractivity contribution in [2.75, 3.05) is 0 Å². The van der Waals surface area contributed by atoms with Gasteiger partial charge in [-0.2, -0.15) is 4.94 Å². The highest BCUT2D eigenvalue weighted by molar-refractivity contribution is 4.76. The van der Waals surface area contributed by atoms with Gasteiger partial charge in [0.15, 0.2) is 0 Å². The van der Waals surface area contributed by atoms with Gasteiger partial charge in [-0.15, -0.1) is 0 Å². The van der Waals surface area contributed by atoms with Crippen LogP contribution in [0, 0.1) is 11.8 Å². The molecule has 1 fully saturated rings. The van der Waals surface area contributed by atoms with E-state index in [4.69, 9.17) is 0 Å². The summed E-state index contributed by atoms with van der Waals surface area (Å²) in [6.07, 6.45) is 2.84. The van der Waals surface area contributed by atoms with Crippen LogP contribution < -0.4 is 0 Å². The van der Waals surface area contributed by atoms with E-state index in [2.05, 4.69) is 18.8 Å². The lowest BCUT2D eigenvalue weighted by Crippen LogP contribution is -2.06. The third kappa shape index (κ3) is 1.69. The first kappa shape index (κ1) is 7.99. The minimum atomic E-state index is -0.104. The van der Waals surface area contributed by atoms with Crippen LogP contribution in [0.25, 0.3) is 0 Å². The maximum absolute atomic E-state index is 11.6. The standard InChI is InChI=1S/C8H15FO/c1-6(2)7-3-4-8(5-7)10-9/h6-8H,3-5H2,1-2H3. The Balaban J connectivity index is 2.28. The molecule has 1 aliphatic carbocycles. The average molecular weight is 146 g/mol. The maximum atomic E-state index is 11.6. The summed E-state index contributed by atoms with van der Waals surface area (Å²) in [4.78, 5) is 3.79. The van der Waals surface area contributed by atoms with Gasteiger partial charge in [-0.3, -0.25) is 0 Å². The molecule has 1 saturated carbocycles. The molecule has 0 bridgehead atoms. The van der Waals surface area contributed by atoms with Crippen LogP contribution in [0.1, 0.15) is 33.1 Å². The fraction of sp³-hybridized carbons (Fsp3) is 1.00. The Hall–Kier alpha value is -0.110. The van der Waals surface area contributed by atoms with E-state index in [0.717, 1.165) is 19.3 Å². The first-order valence-electron chi connectivity index (χ1n) is 4.01. The van der Waals surface area contributed by atoms with E-state index in [0.29, 0.717) is 11.8 Å². The van der Waals surface area contributed by atoms with E-state index in [-0.39, 0.29) is 6.10 Å². The van der Waals surface area contributed by atoms with Crippen molar-refractivity contribution in [2.45, 2.75) is 39.2 Å². The van der Waals surface area contributed by atoms with Crippen LogP contribution >= 0.6 is 0 Å². The van der Waals surface area contributed by atoms with Gasteiger partial charge in [0.25, 0.3) is 0 Å². The van der Waals surface area contributed by atoms with E-state index in [1.54, 1.807) is 0 Å². The van der Waals surface area contributed by atoms with Crippen molar-refractivity contribution in [1.82, 2.24) is 0 Å². The second-order valence-electron chi connectivity index (χ2n) is 3.53. The molecule has 2 heteroatoms. The van der Waals surface area contributed by atoms with Gasteiger partial charge < -0.3 is 0 Å². The van der Waals surface area contributed by atoms with Crippen LogP contribution in [0.15, 0.2) is 0 Å². The lowest BCUT2D eigenvalue weighted by Gasteiger charge is -2.12. The Morgan fingerprint density at radius 1 is 1.40 bits per heavy atom. The van der Waals surface area contributed by atoms with Crippen molar-refractivity contribution in [2.24, 2.45) is 11.8 Å². The molecule has 2 unspecified atom stereocenters. The predicted octanol–water partition coefficient (Wildman–Crippen LogP) is 2.71. The molecule has 10 heavy (non-hydrogen) atoms. The van der Waals surface area contributed by atoms with Gasteiger partial charge in [-0.25, -0.2) is 0 Å². The molecule has 0 radical (unpaired) electrons. The third-order valence-corrected chi connectivity index (χ3v) is 2.49. The monoisotopic (exact) mass is 146 g/mol. The summed E-state index contributed by atoms with van der Waals surface area (Å²) >= 11 is 0. The second kappa shape index (κ2) is 3.33. The van der Waals surface area contributed by atoms with Crippen molar-refractivity contribution in [3.05, 3.63) is 0 Å². The lowest BCUT2D eigenvalue weighted by molar-refractivity contribution is -0.177. The fourth-order valence-corrected chi connectivity index (χ4v) is 1.66. The summed E-state index contributed by atoms with van der Waals surface area (Å²) in [6.45, 7) is 4.37. The molecule has 0 heterocycles. The molecule has 0 saturated heterocycles. The smallest absolute Gasteiger partial charge is 0.0986 e. The van der Waals surface area contributed by atoms with E-state index in [1.165, 1.54) is 0 Å². The van der Waals surface area contributed by atoms with Gasteiger partial charge >= 0.3 is 0 Å². The zero-order chi connectivity index (χ0) is 7.56. The molecule has 0 aromatic rings. The Morgan fingerprint density at radius 2 is 2.10 bits per heavy atom. The number of hydrogen-bond donors (Lipinski definition) is 0. The van der Waals surface area contributed by atoms with Gasteiger partial charge in [-0.05, 0) is 35.6 Å². The Morgan fingerprint density at radius 3 is 2.40 bits per heavy atom. The second-order valence-corrected chi connectivity index (χ2v) is 3.53. The summed E-state index contributed by atoms with van der Waals surface area (Å²) in [5.74, 6) is 1.36. The normalized spacial score (nSPS) is 33.6. The first-order chi connectivity index (χ1) is 4.74. The van der Waals surface area contributed by atoms with Crippen molar-refractivity contribution in [3.8, 4) is 0 Å². The largest absolute Gasteiger partial charge is 0.191 e. The minimum Gasteiger partial charge on any atom is -0.191 e. The zero-order valence-corrected chi connectivity index (χ0v) is 6.64. The van der Waals surface area contributed by atoms with Gasteiger partial charge in [0, 0.05) is 0 Å². The number of halogens is 1. The number of rotatable bonds is 2. The van der Waals surface area contributed by atoms with Gasteiger partial charge in [0.2, 0.25) is 0 Å². The topological polar surface area (TPSA) is 9.23 Å².